The predicted molar refractivity (Wildman–Crippen MR) is 96.7 cm³/mol. The van der Waals surface area contributed by atoms with Gasteiger partial charge in [-0.25, -0.2) is 4.98 Å². The summed E-state index contributed by atoms with van der Waals surface area (Å²) in [5, 5.41) is 2.62. The summed E-state index contributed by atoms with van der Waals surface area (Å²) in [5.41, 5.74) is 6.33. The Morgan fingerprint density at radius 1 is 1.21 bits per heavy atom. The van der Waals surface area contributed by atoms with E-state index in [2.05, 4.69) is 36.7 Å². The maximum atomic E-state index is 11.9. The van der Waals surface area contributed by atoms with Gasteiger partial charge in [0.25, 0.3) is 5.91 Å². The highest BCUT2D eigenvalue weighted by molar-refractivity contribution is 9.11. The fourth-order valence-corrected chi connectivity index (χ4v) is 3.93. The van der Waals surface area contributed by atoms with Crippen LogP contribution in [0, 0.1) is 0 Å². The molecule has 0 saturated heterocycles. The minimum atomic E-state index is -0.353. The van der Waals surface area contributed by atoms with Crippen molar-refractivity contribution in [2.24, 2.45) is 0 Å². The van der Waals surface area contributed by atoms with Crippen molar-refractivity contribution in [3.05, 3.63) is 56.4 Å². The SMILES string of the molecule is O=C(Cc1csc(-c2cccnc2)n1)NNC(=O)c1ccc(Br)s1. The molecule has 3 aromatic rings. The van der Waals surface area contributed by atoms with Crippen molar-refractivity contribution in [1.82, 2.24) is 20.8 Å². The maximum absolute atomic E-state index is 11.9. The number of hydrogen-bond acceptors (Lipinski definition) is 6. The molecule has 3 aromatic heterocycles. The zero-order valence-electron chi connectivity index (χ0n) is 12.2. The van der Waals surface area contributed by atoms with Gasteiger partial charge in [-0.2, -0.15) is 0 Å². The zero-order valence-corrected chi connectivity index (χ0v) is 15.4. The van der Waals surface area contributed by atoms with Crippen molar-refractivity contribution in [1.29, 1.82) is 0 Å². The molecule has 0 fully saturated rings. The van der Waals surface area contributed by atoms with Crippen LogP contribution in [0.15, 0.2) is 45.8 Å². The van der Waals surface area contributed by atoms with Gasteiger partial charge in [0.15, 0.2) is 0 Å². The van der Waals surface area contributed by atoms with Gasteiger partial charge in [-0.15, -0.1) is 22.7 Å². The number of pyridine rings is 1. The Balaban J connectivity index is 1.54. The Hall–Kier alpha value is -2.10. The summed E-state index contributed by atoms with van der Waals surface area (Å²) in [5.74, 6) is -0.685. The molecule has 2 N–H and O–H groups in total. The highest BCUT2D eigenvalue weighted by Gasteiger charge is 2.12. The normalized spacial score (nSPS) is 10.4. The molecule has 0 aliphatic rings. The third kappa shape index (κ3) is 4.25. The predicted octanol–water partition coefficient (Wildman–Crippen LogP) is 3.03. The second-order valence-electron chi connectivity index (χ2n) is 4.67. The first-order valence-corrected chi connectivity index (χ1v) is 9.30. The average molecular weight is 423 g/mol. The largest absolute Gasteiger partial charge is 0.279 e. The molecular weight excluding hydrogens is 412 g/mol. The van der Waals surface area contributed by atoms with Gasteiger partial charge in [-0.3, -0.25) is 25.4 Å². The van der Waals surface area contributed by atoms with Gasteiger partial charge in [-0.1, -0.05) is 0 Å². The van der Waals surface area contributed by atoms with Gasteiger partial charge < -0.3 is 0 Å². The van der Waals surface area contributed by atoms with Gasteiger partial charge in [0, 0.05) is 23.3 Å². The standard InChI is InChI=1S/C15H11BrN4O2S2/c16-12-4-3-11(24-12)14(22)20-19-13(21)6-10-8-23-15(18-10)9-2-1-5-17-7-9/h1-5,7-8H,6H2,(H,19,21)(H,20,22). The molecule has 0 aromatic carbocycles. The number of hydrazine groups is 1. The lowest BCUT2D eigenvalue weighted by molar-refractivity contribution is -0.121. The van der Waals surface area contributed by atoms with Crippen molar-refractivity contribution in [3.63, 3.8) is 0 Å². The molecular formula is C15H11BrN4O2S2. The number of thiophene rings is 1. The van der Waals surface area contributed by atoms with Crippen LogP contribution in [0.25, 0.3) is 10.6 Å². The third-order valence-corrected chi connectivity index (χ3v) is 5.48. The second kappa shape index (κ2) is 7.65. The number of thiazole rings is 1. The Labute approximate surface area is 154 Å². The maximum Gasteiger partial charge on any atom is 0.279 e. The van der Waals surface area contributed by atoms with Gasteiger partial charge in [0.05, 0.1) is 20.8 Å². The third-order valence-electron chi connectivity index (χ3n) is 2.91. The summed E-state index contributed by atoms with van der Waals surface area (Å²) in [6, 6.07) is 7.20. The molecule has 3 rings (SSSR count). The van der Waals surface area contributed by atoms with E-state index < -0.39 is 0 Å². The Kier molecular flexibility index (Phi) is 5.34. The Morgan fingerprint density at radius 3 is 2.79 bits per heavy atom. The lowest BCUT2D eigenvalue weighted by Gasteiger charge is -2.04. The quantitative estimate of drug-likeness (QED) is 0.632. The highest BCUT2D eigenvalue weighted by atomic mass is 79.9. The summed E-state index contributed by atoms with van der Waals surface area (Å²) >= 11 is 6.02. The number of halogens is 1. The van der Waals surface area contributed by atoms with Crippen molar-refractivity contribution in [2.75, 3.05) is 0 Å². The molecule has 24 heavy (non-hydrogen) atoms. The Bertz CT molecular complexity index is 863. The van der Waals surface area contributed by atoms with Crippen molar-refractivity contribution >= 4 is 50.4 Å². The fourth-order valence-electron chi connectivity index (χ4n) is 1.84. The van der Waals surface area contributed by atoms with Crippen molar-refractivity contribution in [2.45, 2.75) is 6.42 Å². The lowest BCUT2D eigenvalue weighted by Crippen LogP contribution is -2.42. The molecule has 9 heteroatoms. The number of aromatic nitrogens is 2. The molecule has 6 nitrogen and oxygen atoms in total. The highest BCUT2D eigenvalue weighted by Crippen LogP contribution is 2.23. The van der Waals surface area contributed by atoms with E-state index in [0.717, 1.165) is 14.4 Å². The Morgan fingerprint density at radius 2 is 2.08 bits per heavy atom. The van der Waals surface area contributed by atoms with Gasteiger partial charge in [0.1, 0.15) is 5.01 Å². The monoisotopic (exact) mass is 422 g/mol. The minimum absolute atomic E-state index is 0.0885. The second-order valence-corrected chi connectivity index (χ2v) is 7.99. The first-order chi connectivity index (χ1) is 11.6. The van der Waals surface area contributed by atoms with Crippen LogP contribution in [-0.4, -0.2) is 21.8 Å². The topological polar surface area (TPSA) is 84.0 Å². The average Bonchev–Trinajstić information content (AvgIpc) is 3.23. The molecule has 0 radical (unpaired) electrons. The minimum Gasteiger partial charge on any atom is -0.273 e. The van der Waals surface area contributed by atoms with E-state index in [-0.39, 0.29) is 18.2 Å². The summed E-state index contributed by atoms with van der Waals surface area (Å²) in [7, 11) is 0. The van der Waals surface area contributed by atoms with Crippen LogP contribution in [0.4, 0.5) is 0 Å². The first kappa shape index (κ1) is 16.7. The number of nitrogens with zero attached hydrogens (tertiary/aromatic N) is 2. The van der Waals surface area contributed by atoms with Crippen LogP contribution < -0.4 is 10.9 Å². The van der Waals surface area contributed by atoms with E-state index in [0.29, 0.717) is 10.6 Å². The van der Waals surface area contributed by atoms with Gasteiger partial charge in [0.2, 0.25) is 5.91 Å². The van der Waals surface area contributed by atoms with E-state index in [1.807, 2.05) is 17.5 Å². The number of amides is 2. The summed E-state index contributed by atoms with van der Waals surface area (Å²) in [4.78, 5) is 32.7. The summed E-state index contributed by atoms with van der Waals surface area (Å²) in [6.45, 7) is 0. The van der Waals surface area contributed by atoms with Crippen LogP contribution in [-0.2, 0) is 11.2 Å². The van der Waals surface area contributed by atoms with Crippen LogP contribution in [0.1, 0.15) is 15.4 Å². The van der Waals surface area contributed by atoms with E-state index in [1.54, 1.807) is 24.5 Å². The van der Waals surface area contributed by atoms with E-state index in [1.165, 1.54) is 22.7 Å². The number of nitrogens with one attached hydrogen (secondary N) is 2. The van der Waals surface area contributed by atoms with Gasteiger partial charge >= 0.3 is 0 Å². The zero-order chi connectivity index (χ0) is 16.9. The number of hydrogen-bond donors (Lipinski definition) is 2. The first-order valence-electron chi connectivity index (χ1n) is 6.81. The number of carbonyl (C=O) groups excluding carboxylic acids is 2. The van der Waals surface area contributed by atoms with Gasteiger partial charge in [-0.05, 0) is 40.2 Å². The number of rotatable bonds is 4. The molecule has 122 valence electrons. The molecule has 0 atom stereocenters. The molecule has 0 aliphatic carbocycles. The molecule has 0 bridgehead atoms. The summed E-state index contributed by atoms with van der Waals surface area (Å²) in [6.07, 6.45) is 3.51. The van der Waals surface area contributed by atoms with Crippen LogP contribution in [0.3, 0.4) is 0 Å². The van der Waals surface area contributed by atoms with Crippen molar-refractivity contribution in [3.8, 4) is 10.6 Å². The van der Waals surface area contributed by atoms with Crippen molar-refractivity contribution < 1.29 is 9.59 Å². The van der Waals surface area contributed by atoms with Crippen LogP contribution in [0.2, 0.25) is 0 Å². The fraction of sp³-hybridized carbons (Fsp3) is 0.0667. The summed E-state index contributed by atoms with van der Waals surface area (Å²) < 4.78 is 0.851. The molecule has 0 saturated carbocycles. The smallest absolute Gasteiger partial charge is 0.273 e. The lowest BCUT2D eigenvalue weighted by atomic mass is 10.3. The van der Waals surface area contributed by atoms with E-state index in [4.69, 9.17) is 0 Å². The molecule has 0 aliphatic heterocycles. The molecule has 2 amide bonds. The number of carbonyl (C=O) groups is 2. The van der Waals surface area contributed by atoms with Crippen LogP contribution in [0.5, 0.6) is 0 Å². The van der Waals surface area contributed by atoms with E-state index >= 15 is 0 Å². The van der Waals surface area contributed by atoms with E-state index in [9.17, 15) is 9.59 Å². The molecule has 0 unspecified atom stereocenters. The van der Waals surface area contributed by atoms with Crippen LogP contribution >= 0.6 is 38.6 Å². The molecule has 3 heterocycles. The molecule has 0 spiro atoms.